The van der Waals surface area contributed by atoms with Gasteiger partial charge in [0, 0.05) is 37.8 Å². The van der Waals surface area contributed by atoms with E-state index in [0.717, 1.165) is 47.7 Å². The van der Waals surface area contributed by atoms with Crippen LogP contribution in [0.4, 0.5) is 5.69 Å². The summed E-state index contributed by atoms with van der Waals surface area (Å²) in [4.78, 5) is 18.2. The second-order valence-electron chi connectivity index (χ2n) is 12.4. The molecular formula is C34H45N3O8S2. The molecule has 13 heteroatoms. The van der Waals surface area contributed by atoms with Crippen molar-refractivity contribution in [3.63, 3.8) is 0 Å². The molecule has 256 valence electrons. The van der Waals surface area contributed by atoms with Gasteiger partial charge >= 0.3 is 0 Å². The first-order valence-corrected chi connectivity index (χ1v) is 18.4. The molecule has 4 atom stereocenters. The fourth-order valence-corrected chi connectivity index (χ4v) is 7.84. The second-order valence-corrected chi connectivity index (χ2v) is 15.3. The number of likely N-dealkylation sites (N-methyl/N-ethyl adjacent to an activating group) is 1. The number of nitrogens with one attached hydrogen (secondary N) is 1. The molecule has 0 saturated heterocycles. The van der Waals surface area contributed by atoms with Crippen LogP contribution in [0.1, 0.15) is 56.0 Å². The van der Waals surface area contributed by atoms with Gasteiger partial charge in [-0.2, -0.15) is 0 Å². The number of ether oxygens (including phenoxy) is 4. The minimum atomic E-state index is -3.83. The van der Waals surface area contributed by atoms with Gasteiger partial charge in [-0.3, -0.25) is 14.4 Å². The van der Waals surface area contributed by atoms with Crippen molar-refractivity contribution in [2.24, 2.45) is 5.92 Å². The summed E-state index contributed by atoms with van der Waals surface area (Å²) < 4.78 is 52.5. The molecule has 0 unspecified atom stereocenters. The van der Waals surface area contributed by atoms with Gasteiger partial charge in [-0.05, 0) is 87.5 Å². The number of fused-ring (bicyclic) bond motifs is 2. The zero-order valence-electron chi connectivity index (χ0n) is 27.4. The minimum absolute atomic E-state index is 0.0982. The quantitative estimate of drug-likeness (QED) is 0.312. The standard InChI is InChI=1S/C34H45N3O8S2/c1-23-18-37(24(2)21-38)34(39)28-17-27(35-47(40,41)33-9-7-15-46-33)11-13-29(28)45-25(3)8-5-6-14-42-32(23)20-36(4)19-26-10-12-30-31(16-26)44-22-43-30/h7,9-13,15-17,23-25,32,35,38H,5-6,8,14,18-22H2,1-4H3/t23-,24-,25-,32-/m1/s1. The lowest BCUT2D eigenvalue weighted by Crippen LogP contribution is -2.47. The number of aliphatic hydroxyl groups is 1. The predicted octanol–water partition coefficient (Wildman–Crippen LogP) is 5.21. The monoisotopic (exact) mass is 687 g/mol. The van der Waals surface area contributed by atoms with Crippen LogP contribution in [-0.4, -0.2) is 87.6 Å². The van der Waals surface area contributed by atoms with Gasteiger partial charge in [-0.25, -0.2) is 8.42 Å². The Bertz CT molecular complexity index is 1600. The molecule has 11 nitrogen and oxygen atoms in total. The summed E-state index contributed by atoms with van der Waals surface area (Å²) in [7, 11) is -1.79. The van der Waals surface area contributed by atoms with Gasteiger partial charge in [-0.15, -0.1) is 11.3 Å². The number of hydrogen-bond donors (Lipinski definition) is 2. The fourth-order valence-electron chi connectivity index (χ4n) is 5.79. The Balaban J connectivity index is 1.40. The molecule has 5 rings (SSSR count). The first-order chi connectivity index (χ1) is 22.5. The van der Waals surface area contributed by atoms with Gasteiger partial charge in [0.2, 0.25) is 6.79 Å². The molecule has 0 aliphatic carbocycles. The fraction of sp³-hybridized carbons (Fsp3) is 0.500. The maximum Gasteiger partial charge on any atom is 0.271 e. The third-order valence-electron chi connectivity index (χ3n) is 8.44. The molecular weight excluding hydrogens is 643 g/mol. The highest BCUT2D eigenvalue weighted by atomic mass is 32.2. The smallest absolute Gasteiger partial charge is 0.271 e. The Kier molecular flexibility index (Phi) is 11.7. The van der Waals surface area contributed by atoms with Crippen LogP contribution >= 0.6 is 11.3 Å². The number of nitrogens with zero attached hydrogens (tertiary/aromatic N) is 2. The number of hydrogen-bond acceptors (Lipinski definition) is 10. The van der Waals surface area contributed by atoms with Crippen LogP contribution in [0.2, 0.25) is 0 Å². The van der Waals surface area contributed by atoms with E-state index >= 15 is 0 Å². The zero-order chi connectivity index (χ0) is 33.6. The van der Waals surface area contributed by atoms with E-state index in [9.17, 15) is 18.3 Å². The minimum Gasteiger partial charge on any atom is -0.490 e. The lowest BCUT2D eigenvalue weighted by atomic mass is 10.0. The third kappa shape index (κ3) is 8.96. The van der Waals surface area contributed by atoms with E-state index in [2.05, 4.69) is 16.5 Å². The molecule has 47 heavy (non-hydrogen) atoms. The highest BCUT2D eigenvalue weighted by Crippen LogP contribution is 2.33. The van der Waals surface area contributed by atoms with Gasteiger partial charge in [0.25, 0.3) is 15.9 Å². The van der Waals surface area contributed by atoms with Crippen LogP contribution in [-0.2, 0) is 21.3 Å². The second kappa shape index (κ2) is 15.7. The molecule has 2 aromatic carbocycles. The Morgan fingerprint density at radius 3 is 2.64 bits per heavy atom. The van der Waals surface area contributed by atoms with Gasteiger partial charge in [0.1, 0.15) is 9.96 Å². The van der Waals surface area contributed by atoms with Crippen molar-refractivity contribution in [3.05, 3.63) is 65.0 Å². The van der Waals surface area contributed by atoms with Gasteiger partial charge in [-0.1, -0.05) is 19.1 Å². The number of rotatable bonds is 9. The number of benzene rings is 2. The molecule has 0 fully saturated rings. The number of aliphatic hydroxyl groups excluding tert-OH is 1. The van der Waals surface area contributed by atoms with Crippen molar-refractivity contribution < 1.29 is 37.3 Å². The van der Waals surface area contributed by atoms with E-state index in [1.807, 2.05) is 32.2 Å². The predicted molar refractivity (Wildman–Crippen MR) is 181 cm³/mol. The van der Waals surface area contributed by atoms with Crippen LogP contribution in [0.15, 0.2) is 58.1 Å². The van der Waals surface area contributed by atoms with E-state index < -0.39 is 16.1 Å². The summed E-state index contributed by atoms with van der Waals surface area (Å²) in [5.41, 5.74) is 1.57. The molecule has 0 radical (unpaired) electrons. The van der Waals surface area contributed by atoms with E-state index in [4.69, 9.17) is 18.9 Å². The first-order valence-electron chi connectivity index (χ1n) is 16.0. The molecule has 0 bridgehead atoms. The number of sulfonamides is 1. The number of amides is 1. The van der Waals surface area contributed by atoms with E-state index in [1.165, 1.54) is 12.1 Å². The van der Waals surface area contributed by atoms with Crippen LogP contribution < -0.4 is 18.9 Å². The largest absolute Gasteiger partial charge is 0.490 e. The molecule has 1 amide bonds. The molecule has 0 saturated carbocycles. The lowest BCUT2D eigenvalue weighted by Gasteiger charge is -2.36. The molecule has 2 aliphatic rings. The normalized spacial score (nSPS) is 21.5. The summed E-state index contributed by atoms with van der Waals surface area (Å²) in [5.74, 6) is 1.40. The summed E-state index contributed by atoms with van der Waals surface area (Å²) >= 11 is 1.11. The van der Waals surface area contributed by atoms with Crippen LogP contribution in [0.5, 0.6) is 17.2 Å². The highest BCUT2D eigenvalue weighted by molar-refractivity contribution is 7.94. The van der Waals surface area contributed by atoms with Crippen molar-refractivity contribution in [1.82, 2.24) is 9.80 Å². The molecule has 3 aromatic rings. The van der Waals surface area contributed by atoms with Gasteiger partial charge in [0.15, 0.2) is 11.5 Å². The molecule has 1 aromatic heterocycles. The number of carbonyl (C=O) groups is 1. The Morgan fingerprint density at radius 2 is 1.87 bits per heavy atom. The molecule has 0 spiro atoms. The Hall–Kier alpha value is -3.36. The van der Waals surface area contributed by atoms with Gasteiger partial charge in [0.05, 0.1) is 30.4 Å². The third-order valence-corrected chi connectivity index (χ3v) is 11.2. The van der Waals surface area contributed by atoms with Crippen molar-refractivity contribution in [2.75, 3.05) is 44.9 Å². The van der Waals surface area contributed by atoms with E-state index in [-0.39, 0.29) is 52.9 Å². The summed E-state index contributed by atoms with van der Waals surface area (Å²) in [5, 5.41) is 11.9. The maximum absolute atomic E-state index is 14.4. The topological polar surface area (TPSA) is 127 Å². The van der Waals surface area contributed by atoms with Crippen LogP contribution in [0.3, 0.4) is 0 Å². The van der Waals surface area contributed by atoms with E-state index in [1.54, 1.807) is 35.4 Å². The highest BCUT2D eigenvalue weighted by Gasteiger charge is 2.31. The SMILES string of the molecule is C[C@@H]1CCCCO[C@H](CN(C)Cc2ccc3c(c2)OCO3)[C@H](C)CN([C@H](C)CO)C(=O)c2cc(NS(=O)(=O)c3cccs3)ccc2O1. The summed E-state index contributed by atoms with van der Waals surface area (Å²) in [6.45, 7) is 7.97. The van der Waals surface area contributed by atoms with Crippen molar-refractivity contribution in [3.8, 4) is 17.2 Å². The average molecular weight is 688 g/mol. The lowest BCUT2D eigenvalue weighted by molar-refractivity contribution is -0.0177. The summed E-state index contributed by atoms with van der Waals surface area (Å²) in [6, 6.07) is 13.4. The molecule has 2 N–H and O–H groups in total. The molecule has 2 aliphatic heterocycles. The van der Waals surface area contributed by atoms with Gasteiger partial charge < -0.3 is 29.0 Å². The first kappa shape index (κ1) is 35.0. The van der Waals surface area contributed by atoms with Crippen molar-refractivity contribution in [1.29, 1.82) is 0 Å². The zero-order valence-corrected chi connectivity index (χ0v) is 29.0. The van der Waals surface area contributed by atoms with Crippen LogP contribution in [0.25, 0.3) is 0 Å². The Morgan fingerprint density at radius 1 is 1.09 bits per heavy atom. The maximum atomic E-state index is 14.4. The number of carbonyl (C=O) groups excluding carboxylic acids is 1. The van der Waals surface area contributed by atoms with Crippen molar-refractivity contribution in [2.45, 2.75) is 69.0 Å². The Labute approximate surface area is 281 Å². The van der Waals surface area contributed by atoms with E-state index in [0.29, 0.717) is 32.0 Å². The molecule has 3 heterocycles. The van der Waals surface area contributed by atoms with Crippen molar-refractivity contribution >= 4 is 33.0 Å². The summed E-state index contributed by atoms with van der Waals surface area (Å²) in [6.07, 6.45) is 2.10. The number of thiophene rings is 1. The number of anilines is 1. The van der Waals surface area contributed by atoms with Crippen LogP contribution in [0, 0.1) is 5.92 Å². The average Bonchev–Trinajstić information content (AvgIpc) is 3.75.